The van der Waals surface area contributed by atoms with Crippen LogP contribution in [0.1, 0.15) is 31.7 Å². The van der Waals surface area contributed by atoms with E-state index in [1.807, 2.05) is 6.07 Å². The van der Waals surface area contributed by atoms with Crippen LogP contribution in [0.15, 0.2) is 28.7 Å². The van der Waals surface area contributed by atoms with Crippen molar-refractivity contribution in [3.05, 3.63) is 34.3 Å². The van der Waals surface area contributed by atoms with Gasteiger partial charge in [-0.15, -0.1) is 0 Å². The molecule has 1 atom stereocenters. The first-order valence-electron chi connectivity index (χ1n) is 6.79. The first-order chi connectivity index (χ1) is 8.67. The number of benzene rings is 1. The highest BCUT2D eigenvalue weighted by Crippen LogP contribution is 2.33. The SMILES string of the molecule is CCOC1CC(CC(N)Cc2cccc(Br)c2)C1. The van der Waals surface area contributed by atoms with Gasteiger partial charge in [0.05, 0.1) is 6.10 Å². The third-order valence-electron chi connectivity index (χ3n) is 3.62. The van der Waals surface area contributed by atoms with Crippen LogP contribution in [-0.4, -0.2) is 18.8 Å². The van der Waals surface area contributed by atoms with Gasteiger partial charge in [0.2, 0.25) is 0 Å². The number of rotatable bonds is 6. The van der Waals surface area contributed by atoms with E-state index >= 15 is 0 Å². The van der Waals surface area contributed by atoms with Gasteiger partial charge in [-0.3, -0.25) is 0 Å². The van der Waals surface area contributed by atoms with E-state index in [-0.39, 0.29) is 6.04 Å². The highest BCUT2D eigenvalue weighted by atomic mass is 79.9. The van der Waals surface area contributed by atoms with E-state index in [2.05, 4.69) is 41.1 Å². The number of hydrogen-bond donors (Lipinski definition) is 1. The molecule has 0 radical (unpaired) electrons. The molecular weight excluding hydrogens is 290 g/mol. The molecule has 0 amide bonds. The van der Waals surface area contributed by atoms with E-state index in [1.165, 1.54) is 18.4 Å². The van der Waals surface area contributed by atoms with Crippen molar-refractivity contribution in [1.82, 2.24) is 0 Å². The zero-order valence-corrected chi connectivity index (χ0v) is 12.5. The van der Waals surface area contributed by atoms with Crippen LogP contribution in [0.5, 0.6) is 0 Å². The molecule has 100 valence electrons. The summed E-state index contributed by atoms with van der Waals surface area (Å²) in [4.78, 5) is 0. The fraction of sp³-hybridized carbons (Fsp3) is 0.600. The summed E-state index contributed by atoms with van der Waals surface area (Å²) >= 11 is 3.50. The van der Waals surface area contributed by atoms with Crippen LogP contribution < -0.4 is 5.73 Å². The molecule has 1 unspecified atom stereocenters. The van der Waals surface area contributed by atoms with E-state index in [1.54, 1.807) is 0 Å². The van der Waals surface area contributed by atoms with E-state index in [4.69, 9.17) is 10.5 Å². The van der Waals surface area contributed by atoms with Gasteiger partial charge in [-0.05, 0) is 56.2 Å². The Morgan fingerprint density at radius 3 is 2.89 bits per heavy atom. The number of nitrogens with two attached hydrogens (primary N) is 1. The molecule has 0 aliphatic heterocycles. The predicted molar refractivity (Wildman–Crippen MR) is 78.6 cm³/mol. The lowest BCUT2D eigenvalue weighted by molar-refractivity contribution is -0.0280. The van der Waals surface area contributed by atoms with Gasteiger partial charge in [-0.2, -0.15) is 0 Å². The lowest BCUT2D eigenvalue weighted by Crippen LogP contribution is -2.36. The summed E-state index contributed by atoms with van der Waals surface area (Å²) in [6, 6.07) is 8.69. The van der Waals surface area contributed by atoms with Crippen molar-refractivity contribution in [3.8, 4) is 0 Å². The molecular formula is C15H22BrNO. The average Bonchev–Trinajstić information content (AvgIpc) is 2.26. The summed E-state index contributed by atoms with van der Waals surface area (Å²) in [5, 5.41) is 0. The smallest absolute Gasteiger partial charge is 0.0580 e. The fourth-order valence-corrected chi connectivity index (χ4v) is 3.16. The molecule has 1 fully saturated rings. The van der Waals surface area contributed by atoms with Gasteiger partial charge in [0.25, 0.3) is 0 Å². The van der Waals surface area contributed by atoms with Gasteiger partial charge in [-0.25, -0.2) is 0 Å². The zero-order valence-electron chi connectivity index (χ0n) is 10.9. The first-order valence-corrected chi connectivity index (χ1v) is 7.58. The van der Waals surface area contributed by atoms with Crippen molar-refractivity contribution in [2.45, 2.75) is 44.8 Å². The van der Waals surface area contributed by atoms with Crippen LogP contribution in [0, 0.1) is 5.92 Å². The molecule has 1 aliphatic carbocycles. The molecule has 18 heavy (non-hydrogen) atoms. The predicted octanol–water partition coefficient (Wildman–Crippen LogP) is 3.52. The van der Waals surface area contributed by atoms with Crippen molar-refractivity contribution in [3.63, 3.8) is 0 Å². The average molecular weight is 312 g/mol. The molecule has 2 rings (SSSR count). The number of hydrogen-bond acceptors (Lipinski definition) is 2. The van der Waals surface area contributed by atoms with Gasteiger partial charge in [-0.1, -0.05) is 28.1 Å². The quantitative estimate of drug-likeness (QED) is 0.872. The molecule has 1 aromatic carbocycles. The van der Waals surface area contributed by atoms with Crippen LogP contribution in [0.25, 0.3) is 0 Å². The second-order valence-corrected chi connectivity index (χ2v) is 6.16. The van der Waals surface area contributed by atoms with Crippen LogP contribution >= 0.6 is 15.9 Å². The van der Waals surface area contributed by atoms with Crippen molar-refractivity contribution in [2.24, 2.45) is 11.7 Å². The summed E-state index contributed by atoms with van der Waals surface area (Å²) in [5.74, 6) is 0.767. The summed E-state index contributed by atoms with van der Waals surface area (Å²) in [6.07, 6.45) is 4.98. The summed E-state index contributed by atoms with van der Waals surface area (Å²) in [6.45, 7) is 2.90. The minimum absolute atomic E-state index is 0.270. The Morgan fingerprint density at radius 1 is 1.44 bits per heavy atom. The van der Waals surface area contributed by atoms with E-state index in [9.17, 15) is 0 Å². The summed E-state index contributed by atoms with van der Waals surface area (Å²) < 4.78 is 6.71. The van der Waals surface area contributed by atoms with Gasteiger partial charge in [0.15, 0.2) is 0 Å². The molecule has 0 spiro atoms. The second kappa shape index (κ2) is 6.69. The third-order valence-corrected chi connectivity index (χ3v) is 4.11. The Morgan fingerprint density at radius 2 is 2.22 bits per heavy atom. The minimum Gasteiger partial charge on any atom is -0.378 e. The standard InChI is InChI=1S/C15H22BrNO/c1-2-18-15-9-12(10-15)8-14(17)7-11-4-3-5-13(16)6-11/h3-6,12,14-15H,2,7-10,17H2,1H3. The summed E-state index contributed by atoms with van der Waals surface area (Å²) in [7, 11) is 0. The van der Waals surface area contributed by atoms with Crippen molar-refractivity contribution in [2.75, 3.05) is 6.61 Å². The number of halogens is 1. The lowest BCUT2D eigenvalue weighted by atomic mass is 9.77. The Labute approximate surface area is 118 Å². The first kappa shape index (κ1) is 14.0. The van der Waals surface area contributed by atoms with Crippen LogP contribution in [-0.2, 0) is 11.2 Å². The molecule has 1 saturated carbocycles. The lowest BCUT2D eigenvalue weighted by Gasteiger charge is -2.36. The Hall–Kier alpha value is -0.380. The molecule has 1 aliphatic rings. The van der Waals surface area contributed by atoms with Crippen LogP contribution in [0.2, 0.25) is 0 Å². The highest BCUT2D eigenvalue weighted by molar-refractivity contribution is 9.10. The van der Waals surface area contributed by atoms with Crippen molar-refractivity contribution in [1.29, 1.82) is 0 Å². The van der Waals surface area contributed by atoms with Gasteiger partial charge >= 0.3 is 0 Å². The van der Waals surface area contributed by atoms with E-state index < -0.39 is 0 Å². The van der Waals surface area contributed by atoms with Gasteiger partial charge in [0.1, 0.15) is 0 Å². The number of ether oxygens (including phenoxy) is 1. The minimum atomic E-state index is 0.270. The highest BCUT2D eigenvalue weighted by Gasteiger charge is 2.30. The third kappa shape index (κ3) is 4.08. The van der Waals surface area contributed by atoms with Crippen molar-refractivity contribution < 1.29 is 4.74 Å². The maximum atomic E-state index is 6.23. The Bertz CT molecular complexity index is 377. The maximum Gasteiger partial charge on any atom is 0.0580 e. The van der Waals surface area contributed by atoms with Crippen molar-refractivity contribution >= 4 is 15.9 Å². The van der Waals surface area contributed by atoms with Gasteiger partial charge < -0.3 is 10.5 Å². The molecule has 1 aromatic rings. The normalized spacial score (nSPS) is 24.6. The topological polar surface area (TPSA) is 35.2 Å². The molecule has 3 heteroatoms. The molecule has 0 saturated heterocycles. The van der Waals surface area contributed by atoms with Crippen LogP contribution in [0.3, 0.4) is 0 Å². The molecule has 0 aromatic heterocycles. The zero-order chi connectivity index (χ0) is 13.0. The fourth-order valence-electron chi connectivity index (χ4n) is 2.72. The van der Waals surface area contributed by atoms with E-state index in [0.717, 1.165) is 29.8 Å². The summed E-state index contributed by atoms with van der Waals surface area (Å²) in [5.41, 5.74) is 7.55. The molecule has 0 heterocycles. The monoisotopic (exact) mass is 311 g/mol. The molecule has 2 nitrogen and oxygen atoms in total. The maximum absolute atomic E-state index is 6.23. The molecule has 2 N–H and O–H groups in total. The Balaban J connectivity index is 1.71. The van der Waals surface area contributed by atoms with E-state index in [0.29, 0.717) is 6.10 Å². The van der Waals surface area contributed by atoms with Crippen LogP contribution in [0.4, 0.5) is 0 Å². The largest absolute Gasteiger partial charge is 0.378 e. The molecule has 0 bridgehead atoms. The van der Waals surface area contributed by atoms with Gasteiger partial charge in [0, 0.05) is 17.1 Å². The Kier molecular flexibility index (Phi) is 5.22. The second-order valence-electron chi connectivity index (χ2n) is 5.24.